The van der Waals surface area contributed by atoms with E-state index in [1.54, 1.807) is 24.4 Å². The van der Waals surface area contributed by atoms with Crippen LogP contribution < -0.4 is 9.47 Å². The SMILES string of the molecule is CCn1cncc1CC1C=CC=CC1CN1CCC(Oc2ccnc(COc3ccc(Cl)cc3Cl)c2)C1. The van der Waals surface area contributed by atoms with Gasteiger partial charge in [-0.05, 0) is 55.9 Å². The number of imidazole rings is 1. The fourth-order valence-corrected chi connectivity index (χ4v) is 5.52. The second-order valence-corrected chi connectivity index (χ2v) is 10.5. The number of rotatable bonds is 10. The first-order valence-corrected chi connectivity index (χ1v) is 13.6. The van der Waals surface area contributed by atoms with Crippen LogP contribution >= 0.6 is 23.2 Å². The van der Waals surface area contributed by atoms with Crippen LogP contribution in [0.5, 0.6) is 11.5 Å². The number of hydrogen-bond acceptors (Lipinski definition) is 5. The van der Waals surface area contributed by atoms with Crippen LogP contribution in [0.15, 0.2) is 73.4 Å². The number of allylic oxidation sites excluding steroid dienone is 3. The van der Waals surface area contributed by atoms with Crippen LogP contribution in [0, 0.1) is 11.8 Å². The molecular weight excluding hydrogens is 507 g/mol. The molecule has 3 unspecified atom stereocenters. The van der Waals surface area contributed by atoms with Crippen molar-refractivity contribution < 1.29 is 9.47 Å². The molecule has 0 spiro atoms. The van der Waals surface area contributed by atoms with Crippen LogP contribution in [0.25, 0.3) is 0 Å². The van der Waals surface area contributed by atoms with E-state index in [0.717, 1.165) is 50.5 Å². The van der Waals surface area contributed by atoms with Gasteiger partial charge in [-0.2, -0.15) is 0 Å². The molecule has 0 amide bonds. The van der Waals surface area contributed by atoms with Gasteiger partial charge >= 0.3 is 0 Å². The number of hydrogen-bond donors (Lipinski definition) is 0. The van der Waals surface area contributed by atoms with Crippen molar-refractivity contribution in [3.05, 3.63) is 94.8 Å². The van der Waals surface area contributed by atoms with E-state index in [1.165, 1.54) is 5.69 Å². The summed E-state index contributed by atoms with van der Waals surface area (Å²) in [6, 6.07) is 9.03. The Bertz CT molecular complexity index is 1260. The molecule has 1 saturated heterocycles. The molecule has 0 radical (unpaired) electrons. The second kappa shape index (κ2) is 12.2. The van der Waals surface area contributed by atoms with Crippen molar-refractivity contribution >= 4 is 23.2 Å². The number of benzene rings is 1. The molecule has 0 bridgehead atoms. The Morgan fingerprint density at radius 1 is 1.08 bits per heavy atom. The Morgan fingerprint density at radius 3 is 2.78 bits per heavy atom. The molecule has 3 aromatic rings. The Kier molecular flexibility index (Phi) is 8.49. The number of halogens is 2. The van der Waals surface area contributed by atoms with Crippen LogP contribution in [-0.4, -0.2) is 45.2 Å². The van der Waals surface area contributed by atoms with Gasteiger partial charge in [0.05, 0.1) is 17.0 Å². The number of pyridine rings is 1. The van der Waals surface area contributed by atoms with Gasteiger partial charge in [0, 0.05) is 55.4 Å². The van der Waals surface area contributed by atoms with Crippen molar-refractivity contribution in [2.24, 2.45) is 11.8 Å². The zero-order valence-electron chi connectivity index (χ0n) is 21.0. The molecule has 1 aliphatic heterocycles. The molecular formula is C29H32Cl2N4O2. The van der Waals surface area contributed by atoms with E-state index in [4.69, 9.17) is 32.7 Å². The lowest BCUT2D eigenvalue weighted by Gasteiger charge is -2.28. The van der Waals surface area contributed by atoms with Crippen molar-refractivity contribution in [1.82, 2.24) is 19.4 Å². The van der Waals surface area contributed by atoms with E-state index in [1.807, 2.05) is 24.7 Å². The predicted octanol–water partition coefficient (Wildman–Crippen LogP) is 6.24. The van der Waals surface area contributed by atoms with Gasteiger partial charge in [-0.15, -0.1) is 0 Å². The average molecular weight is 540 g/mol. The molecule has 37 heavy (non-hydrogen) atoms. The highest BCUT2D eigenvalue weighted by Gasteiger charge is 2.29. The van der Waals surface area contributed by atoms with E-state index in [9.17, 15) is 0 Å². The fourth-order valence-electron chi connectivity index (χ4n) is 5.06. The first-order chi connectivity index (χ1) is 18.1. The van der Waals surface area contributed by atoms with Crippen molar-refractivity contribution in [2.75, 3.05) is 19.6 Å². The lowest BCUT2D eigenvalue weighted by atomic mass is 9.84. The maximum atomic E-state index is 6.34. The number of aromatic nitrogens is 3. The average Bonchev–Trinajstić information content (AvgIpc) is 3.54. The lowest BCUT2D eigenvalue weighted by molar-refractivity contribution is 0.189. The molecule has 0 N–H and O–H groups in total. The maximum absolute atomic E-state index is 6.34. The summed E-state index contributed by atoms with van der Waals surface area (Å²) >= 11 is 12.2. The number of likely N-dealkylation sites (tertiary alicyclic amines) is 1. The molecule has 1 aliphatic carbocycles. The van der Waals surface area contributed by atoms with Gasteiger partial charge < -0.3 is 14.0 Å². The highest BCUT2D eigenvalue weighted by Crippen LogP contribution is 2.29. The minimum absolute atomic E-state index is 0.157. The van der Waals surface area contributed by atoms with E-state index < -0.39 is 0 Å². The van der Waals surface area contributed by atoms with Gasteiger partial charge in [-0.25, -0.2) is 4.98 Å². The van der Waals surface area contributed by atoms with E-state index >= 15 is 0 Å². The predicted molar refractivity (Wildman–Crippen MR) is 147 cm³/mol. The summed E-state index contributed by atoms with van der Waals surface area (Å²) in [6.07, 6.45) is 16.9. The highest BCUT2D eigenvalue weighted by atomic mass is 35.5. The third-order valence-corrected chi connectivity index (χ3v) is 7.55. The molecule has 3 atom stereocenters. The standard InChI is InChI=1S/C29H32Cl2N4O2/c1-2-35-20-32-16-25(35)13-21-5-3-4-6-22(21)17-34-12-10-27(18-34)37-26-9-11-33-24(15-26)19-36-29-8-7-23(30)14-28(29)31/h3-9,11,14-16,20-22,27H,2,10,12-13,17-19H2,1H3. The topological polar surface area (TPSA) is 52.4 Å². The Labute approximate surface area is 228 Å². The Hall–Kier alpha value is -2.80. The lowest BCUT2D eigenvalue weighted by Crippen LogP contribution is -2.33. The molecule has 0 saturated carbocycles. The summed E-state index contributed by atoms with van der Waals surface area (Å²) in [5, 5.41) is 1.06. The zero-order chi connectivity index (χ0) is 25.6. The van der Waals surface area contributed by atoms with Gasteiger partial charge in [0.1, 0.15) is 24.2 Å². The van der Waals surface area contributed by atoms with Gasteiger partial charge in [0.15, 0.2) is 0 Å². The quantitative estimate of drug-likeness (QED) is 0.306. The van der Waals surface area contributed by atoms with Crippen molar-refractivity contribution in [1.29, 1.82) is 0 Å². The molecule has 194 valence electrons. The Balaban J connectivity index is 1.13. The molecule has 5 rings (SSSR count). The van der Waals surface area contributed by atoms with E-state index in [-0.39, 0.29) is 6.10 Å². The largest absolute Gasteiger partial charge is 0.489 e. The molecule has 3 heterocycles. The first-order valence-electron chi connectivity index (χ1n) is 12.8. The summed E-state index contributed by atoms with van der Waals surface area (Å²) in [7, 11) is 0. The summed E-state index contributed by atoms with van der Waals surface area (Å²) < 4.78 is 14.4. The number of nitrogens with zero attached hydrogens (tertiary/aromatic N) is 4. The molecule has 8 heteroatoms. The summed E-state index contributed by atoms with van der Waals surface area (Å²) in [5.74, 6) is 2.35. The summed E-state index contributed by atoms with van der Waals surface area (Å²) in [6.45, 7) is 6.40. The van der Waals surface area contributed by atoms with Gasteiger partial charge in [0.2, 0.25) is 0 Å². The molecule has 2 aliphatic rings. The number of aryl methyl sites for hydroxylation is 1. The van der Waals surface area contributed by atoms with E-state index in [2.05, 4.69) is 50.7 Å². The smallest absolute Gasteiger partial charge is 0.138 e. The maximum Gasteiger partial charge on any atom is 0.138 e. The third kappa shape index (κ3) is 6.75. The van der Waals surface area contributed by atoms with Crippen LogP contribution in [0.2, 0.25) is 10.0 Å². The minimum Gasteiger partial charge on any atom is -0.489 e. The van der Waals surface area contributed by atoms with Crippen LogP contribution in [0.4, 0.5) is 0 Å². The first kappa shape index (κ1) is 25.8. The van der Waals surface area contributed by atoms with Crippen LogP contribution in [0.3, 0.4) is 0 Å². The molecule has 2 aromatic heterocycles. The van der Waals surface area contributed by atoms with Crippen molar-refractivity contribution in [3.63, 3.8) is 0 Å². The Morgan fingerprint density at radius 2 is 1.95 bits per heavy atom. The number of ether oxygens (including phenoxy) is 2. The summed E-state index contributed by atoms with van der Waals surface area (Å²) in [4.78, 5) is 11.3. The minimum atomic E-state index is 0.157. The van der Waals surface area contributed by atoms with Gasteiger partial charge in [0.25, 0.3) is 0 Å². The van der Waals surface area contributed by atoms with Gasteiger partial charge in [-0.3, -0.25) is 9.88 Å². The summed E-state index contributed by atoms with van der Waals surface area (Å²) in [5.41, 5.74) is 2.09. The van der Waals surface area contributed by atoms with Crippen molar-refractivity contribution in [3.8, 4) is 11.5 Å². The molecule has 1 aromatic carbocycles. The van der Waals surface area contributed by atoms with Crippen LogP contribution in [-0.2, 0) is 19.6 Å². The van der Waals surface area contributed by atoms with Gasteiger partial charge in [-0.1, -0.05) is 47.5 Å². The van der Waals surface area contributed by atoms with E-state index in [0.29, 0.717) is 34.2 Å². The second-order valence-electron chi connectivity index (χ2n) is 9.61. The normalized spacial score (nSPS) is 21.4. The van der Waals surface area contributed by atoms with Crippen LogP contribution in [0.1, 0.15) is 24.7 Å². The van der Waals surface area contributed by atoms with Crippen molar-refractivity contribution in [2.45, 2.75) is 39.0 Å². The fraction of sp³-hybridized carbons (Fsp3) is 0.379. The molecule has 6 nitrogen and oxygen atoms in total. The third-order valence-electron chi connectivity index (χ3n) is 7.02. The zero-order valence-corrected chi connectivity index (χ0v) is 22.5. The monoisotopic (exact) mass is 538 g/mol. The molecule has 1 fully saturated rings. The highest BCUT2D eigenvalue weighted by molar-refractivity contribution is 6.35.